The molecule has 31 heavy (non-hydrogen) atoms. The van der Waals surface area contributed by atoms with Crippen molar-refractivity contribution in [1.82, 2.24) is 15.6 Å². The highest BCUT2D eigenvalue weighted by atomic mass is 35.5. The second kappa shape index (κ2) is 9.36. The number of hydrazine groups is 1. The van der Waals surface area contributed by atoms with Crippen molar-refractivity contribution in [2.45, 2.75) is 37.1 Å². The van der Waals surface area contributed by atoms with Crippen molar-refractivity contribution >= 4 is 39.3 Å². The predicted molar refractivity (Wildman–Crippen MR) is 115 cm³/mol. The van der Waals surface area contributed by atoms with Crippen LogP contribution >= 0.6 is 11.6 Å². The minimum atomic E-state index is -3.74. The second-order valence-electron chi connectivity index (χ2n) is 6.84. The molecule has 2 aromatic rings. The van der Waals surface area contributed by atoms with Gasteiger partial charge in [-0.15, -0.1) is 0 Å². The Morgan fingerprint density at radius 3 is 2.68 bits per heavy atom. The molecule has 9 nitrogen and oxygen atoms in total. The number of nitrogens with zero attached hydrogens (tertiary/aromatic N) is 1. The summed E-state index contributed by atoms with van der Waals surface area (Å²) in [5.74, 6) is -1.61. The number of carbonyl (C=O) groups is 2. The van der Waals surface area contributed by atoms with Crippen LogP contribution in [0.2, 0.25) is 5.02 Å². The molecule has 1 heterocycles. The molecular weight excluding hydrogens is 444 g/mol. The molecule has 0 spiro atoms. The molecule has 11 heteroatoms. The fraction of sp³-hybridized carbons (Fsp3) is 0.250. The summed E-state index contributed by atoms with van der Waals surface area (Å²) in [5, 5.41) is 10.1. The van der Waals surface area contributed by atoms with Crippen molar-refractivity contribution in [3.05, 3.63) is 58.6 Å². The lowest BCUT2D eigenvalue weighted by atomic mass is 10.1. The summed E-state index contributed by atoms with van der Waals surface area (Å²) in [6.07, 6.45) is 1.79. The topological polar surface area (TPSA) is 137 Å². The van der Waals surface area contributed by atoms with Crippen molar-refractivity contribution in [2.75, 3.05) is 0 Å². The van der Waals surface area contributed by atoms with Gasteiger partial charge in [0.25, 0.3) is 21.8 Å². The number of hydrogen-bond donors (Lipinski definition) is 4. The van der Waals surface area contributed by atoms with Crippen LogP contribution in [0.15, 0.2) is 52.4 Å². The van der Waals surface area contributed by atoms with E-state index < -0.39 is 27.9 Å². The summed E-state index contributed by atoms with van der Waals surface area (Å²) in [6, 6.07) is 9.33. The average Bonchev–Trinajstić information content (AvgIpc) is 3.01. The van der Waals surface area contributed by atoms with Crippen LogP contribution in [-0.2, 0) is 14.8 Å². The van der Waals surface area contributed by atoms with E-state index in [0.717, 1.165) is 6.42 Å². The van der Waals surface area contributed by atoms with Gasteiger partial charge in [0.1, 0.15) is 17.6 Å². The number of halogens is 1. The third kappa shape index (κ3) is 5.15. The fourth-order valence-corrected chi connectivity index (χ4v) is 4.41. The SMILES string of the molecule is CCCCC(N=C1NS(=O)(=O)c2ccccc21)C(=O)NNC(=O)c1cc(Cl)ccc1O. The fourth-order valence-electron chi connectivity index (χ4n) is 3.00. The van der Waals surface area contributed by atoms with E-state index >= 15 is 0 Å². The van der Waals surface area contributed by atoms with E-state index in [1.54, 1.807) is 18.2 Å². The van der Waals surface area contributed by atoms with Crippen molar-refractivity contribution in [1.29, 1.82) is 0 Å². The number of amidine groups is 1. The summed E-state index contributed by atoms with van der Waals surface area (Å²) in [6.45, 7) is 1.94. The molecule has 2 amide bonds. The number of carbonyl (C=O) groups excluding carboxylic acids is 2. The third-order valence-electron chi connectivity index (χ3n) is 4.58. The first kappa shape index (κ1) is 22.6. The standard InChI is InChI=1S/C20H21ClN4O5S/c1-2-3-7-15(22-18-13-6-4-5-8-17(13)31(29,30)25-18)20(28)24-23-19(27)14-11-12(21)9-10-16(14)26/h4-6,8-11,15,26H,2-3,7H2,1H3,(H,22,25)(H,23,27)(H,24,28). The first-order valence-corrected chi connectivity index (χ1v) is 11.4. The van der Waals surface area contributed by atoms with Gasteiger partial charge in [-0.1, -0.05) is 43.5 Å². The number of fused-ring (bicyclic) bond motifs is 1. The zero-order valence-electron chi connectivity index (χ0n) is 16.6. The van der Waals surface area contributed by atoms with Gasteiger partial charge in [-0.3, -0.25) is 30.2 Å². The van der Waals surface area contributed by atoms with Gasteiger partial charge >= 0.3 is 0 Å². The molecule has 4 N–H and O–H groups in total. The highest BCUT2D eigenvalue weighted by Gasteiger charge is 2.31. The zero-order valence-corrected chi connectivity index (χ0v) is 18.1. The van der Waals surface area contributed by atoms with Crippen LogP contribution in [0.4, 0.5) is 0 Å². The largest absolute Gasteiger partial charge is 0.507 e. The number of rotatable bonds is 6. The summed E-state index contributed by atoms with van der Waals surface area (Å²) in [5.41, 5.74) is 4.77. The molecule has 0 saturated carbocycles. The van der Waals surface area contributed by atoms with Gasteiger partial charge in [-0.25, -0.2) is 8.42 Å². The highest BCUT2D eigenvalue weighted by molar-refractivity contribution is 7.90. The number of amides is 2. The summed E-state index contributed by atoms with van der Waals surface area (Å²) in [7, 11) is -3.74. The number of sulfonamides is 1. The van der Waals surface area contributed by atoms with E-state index in [-0.39, 0.29) is 27.1 Å². The molecule has 164 valence electrons. The molecule has 2 aromatic carbocycles. The van der Waals surface area contributed by atoms with Crippen LogP contribution < -0.4 is 15.6 Å². The van der Waals surface area contributed by atoms with E-state index in [1.807, 2.05) is 6.92 Å². The van der Waals surface area contributed by atoms with Gasteiger partial charge in [-0.2, -0.15) is 0 Å². The van der Waals surface area contributed by atoms with Gasteiger partial charge < -0.3 is 5.11 Å². The molecule has 0 radical (unpaired) electrons. The van der Waals surface area contributed by atoms with Crippen molar-refractivity contribution < 1.29 is 23.1 Å². The molecule has 0 fully saturated rings. The third-order valence-corrected chi connectivity index (χ3v) is 6.22. The minimum absolute atomic E-state index is 0.0747. The van der Waals surface area contributed by atoms with Gasteiger partial charge in [0, 0.05) is 10.6 Å². The number of aromatic hydroxyl groups is 1. The number of benzene rings is 2. The van der Waals surface area contributed by atoms with Crippen molar-refractivity contribution in [3.8, 4) is 5.75 Å². The molecule has 0 aliphatic carbocycles. The van der Waals surface area contributed by atoms with Crippen LogP contribution in [0.5, 0.6) is 5.75 Å². The number of nitrogens with one attached hydrogen (secondary N) is 3. The van der Waals surface area contributed by atoms with Crippen LogP contribution in [0.25, 0.3) is 0 Å². The molecule has 0 saturated heterocycles. The molecule has 0 bridgehead atoms. The number of hydrogen-bond acceptors (Lipinski definition) is 6. The Labute approximate surface area is 184 Å². The maximum absolute atomic E-state index is 12.7. The number of phenolic OH excluding ortho intramolecular Hbond substituents is 1. The lowest BCUT2D eigenvalue weighted by Gasteiger charge is -2.15. The summed E-state index contributed by atoms with van der Waals surface area (Å²) in [4.78, 5) is 29.4. The predicted octanol–water partition coefficient (Wildman–Crippen LogP) is 2.10. The smallest absolute Gasteiger partial charge is 0.273 e. The number of aliphatic imine (C=N–C) groups is 1. The van der Waals surface area contributed by atoms with E-state index in [1.165, 1.54) is 24.3 Å². The second-order valence-corrected chi connectivity index (χ2v) is 8.93. The monoisotopic (exact) mass is 464 g/mol. The van der Waals surface area contributed by atoms with Crippen LogP contribution in [0.3, 0.4) is 0 Å². The highest BCUT2D eigenvalue weighted by Crippen LogP contribution is 2.23. The maximum Gasteiger partial charge on any atom is 0.273 e. The first-order valence-electron chi connectivity index (χ1n) is 9.51. The average molecular weight is 465 g/mol. The van der Waals surface area contributed by atoms with Crippen molar-refractivity contribution in [2.24, 2.45) is 4.99 Å². The van der Waals surface area contributed by atoms with E-state index in [9.17, 15) is 23.1 Å². The molecule has 3 rings (SSSR count). The molecule has 1 aliphatic rings. The van der Waals surface area contributed by atoms with Gasteiger partial charge in [-0.05, 0) is 36.8 Å². The normalized spacial score (nSPS) is 16.3. The van der Waals surface area contributed by atoms with Gasteiger partial charge in [0.2, 0.25) is 0 Å². The van der Waals surface area contributed by atoms with E-state index in [4.69, 9.17) is 11.6 Å². The van der Waals surface area contributed by atoms with Gasteiger partial charge in [0.05, 0.1) is 10.5 Å². The molecular formula is C20H21ClN4O5S. The number of phenols is 1. The molecule has 1 atom stereocenters. The van der Waals surface area contributed by atoms with Crippen LogP contribution in [0.1, 0.15) is 42.1 Å². The Morgan fingerprint density at radius 1 is 1.19 bits per heavy atom. The van der Waals surface area contributed by atoms with Crippen LogP contribution in [-0.4, -0.2) is 37.2 Å². The van der Waals surface area contributed by atoms with E-state index in [0.29, 0.717) is 18.4 Å². The van der Waals surface area contributed by atoms with Crippen molar-refractivity contribution in [3.63, 3.8) is 0 Å². The lowest BCUT2D eigenvalue weighted by Crippen LogP contribution is -2.46. The Kier molecular flexibility index (Phi) is 6.81. The Morgan fingerprint density at radius 2 is 1.94 bits per heavy atom. The summed E-state index contributed by atoms with van der Waals surface area (Å²) >= 11 is 5.84. The quantitative estimate of drug-likeness (QED) is 0.485. The Bertz CT molecular complexity index is 1150. The molecule has 1 aliphatic heterocycles. The Hall–Kier alpha value is -3.11. The zero-order chi connectivity index (χ0) is 22.6. The van der Waals surface area contributed by atoms with Gasteiger partial charge in [0.15, 0.2) is 0 Å². The lowest BCUT2D eigenvalue weighted by molar-refractivity contribution is -0.123. The molecule has 0 aromatic heterocycles. The minimum Gasteiger partial charge on any atom is -0.507 e. The maximum atomic E-state index is 12.7. The summed E-state index contributed by atoms with van der Waals surface area (Å²) < 4.78 is 26.9. The van der Waals surface area contributed by atoms with Crippen LogP contribution in [0, 0.1) is 0 Å². The molecule has 1 unspecified atom stereocenters. The van der Waals surface area contributed by atoms with E-state index in [2.05, 4.69) is 20.6 Å². The Balaban J connectivity index is 1.78. The number of unbranched alkanes of at least 4 members (excludes halogenated alkanes) is 1. The first-order chi connectivity index (χ1) is 14.7.